The molecule has 1 heterocycles. The minimum atomic E-state index is -0.663. The SMILES string of the molecule is NC1(C(=O)c2cccc3ncccc23)CCCC1. The maximum absolute atomic E-state index is 12.6. The van der Waals surface area contributed by atoms with Crippen LogP contribution in [0, 0.1) is 0 Å². The fourth-order valence-electron chi connectivity index (χ4n) is 2.80. The molecular formula is C15H16N2O. The summed E-state index contributed by atoms with van der Waals surface area (Å²) in [6.45, 7) is 0. The molecule has 1 aliphatic rings. The van der Waals surface area contributed by atoms with Crippen molar-refractivity contribution in [2.45, 2.75) is 31.2 Å². The number of hydrogen-bond acceptors (Lipinski definition) is 3. The molecular weight excluding hydrogens is 224 g/mol. The fourth-order valence-corrected chi connectivity index (χ4v) is 2.80. The van der Waals surface area contributed by atoms with Gasteiger partial charge in [0.25, 0.3) is 0 Å². The van der Waals surface area contributed by atoms with Gasteiger partial charge in [-0.05, 0) is 25.0 Å². The third-order valence-electron chi connectivity index (χ3n) is 3.84. The molecule has 1 fully saturated rings. The van der Waals surface area contributed by atoms with Crippen molar-refractivity contribution in [1.29, 1.82) is 0 Å². The van der Waals surface area contributed by atoms with Gasteiger partial charge in [0.05, 0.1) is 11.1 Å². The van der Waals surface area contributed by atoms with Gasteiger partial charge in [0.2, 0.25) is 0 Å². The second-order valence-corrected chi connectivity index (χ2v) is 5.07. The van der Waals surface area contributed by atoms with Gasteiger partial charge in [0.1, 0.15) is 0 Å². The summed E-state index contributed by atoms with van der Waals surface area (Å²) >= 11 is 0. The van der Waals surface area contributed by atoms with Crippen molar-refractivity contribution in [3.63, 3.8) is 0 Å². The normalized spacial score (nSPS) is 18.1. The van der Waals surface area contributed by atoms with Gasteiger partial charge < -0.3 is 5.73 Å². The minimum absolute atomic E-state index is 0.0681. The van der Waals surface area contributed by atoms with Gasteiger partial charge in [-0.1, -0.05) is 31.0 Å². The zero-order valence-corrected chi connectivity index (χ0v) is 10.2. The van der Waals surface area contributed by atoms with E-state index in [-0.39, 0.29) is 5.78 Å². The van der Waals surface area contributed by atoms with Gasteiger partial charge in [-0.15, -0.1) is 0 Å². The lowest BCUT2D eigenvalue weighted by atomic mass is 9.87. The van der Waals surface area contributed by atoms with Crippen molar-refractivity contribution >= 4 is 16.7 Å². The summed E-state index contributed by atoms with van der Waals surface area (Å²) in [6, 6.07) is 9.45. The molecule has 0 bridgehead atoms. The molecule has 0 aliphatic heterocycles. The predicted molar refractivity (Wildman–Crippen MR) is 71.5 cm³/mol. The summed E-state index contributed by atoms with van der Waals surface area (Å²) in [5.74, 6) is 0.0681. The van der Waals surface area contributed by atoms with Crippen molar-refractivity contribution in [2.75, 3.05) is 0 Å². The number of Topliss-reactive ketones (excluding diaryl/α,β-unsaturated/α-hetero) is 1. The number of rotatable bonds is 2. The van der Waals surface area contributed by atoms with E-state index >= 15 is 0 Å². The number of aromatic nitrogens is 1. The number of benzene rings is 1. The lowest BCUT2D eigenvalue weighted by Crippen LogP contribution is -2.45. The summed E-state index contributed by atoms with van der Waals surface area (Å²) in [5.41, 5.74) is 7.16. The zero-order valence-electron chi connectivity index (χ0n) is 10.2. The van der Waals surface area contributed by atoms with Crippen LogP contribution in [0.1, 0.15) is 36.0 Å². The second kappa shape index (κ2) is 4.18. The number of nitrogens with two attached hydrogens (primary N) is 1. The first-order chi connectivity index (χ1) is 8.71. The number of carbonyl (C=O) groups is 1. The third-order valence-corrected chi connectivity index (χ3v) is 3.84. The monoisotopic (exact) mass is 240 g/mol. The van der Waals surface area contributed by atoms with Gasteiger partial charge in [0, 0.05) is 17.1 Å². The molecule has 1 aromatic heterocycles. The van der Waals surface area contributed by atoms with Gasteiger partial charge >= 0.3 is 0 Å². The Bertz CT molecular complexity index is 595. The van der Waals surface area contributed by atoms with Crippen molar-refractivity contribution < 1.29 is 4.79 Å². The van der Waals surface area contributed by atoms with E-state index in [0.29, 0.717) is 5.56 Å². The highest BCUT2D eigenvalue weighted by Crippen LogP contribution is 2.32. The first-order valence-electron chi connectivity index (χ1n) is 6.38. The molecule has 2 N–H and O–H groups in total. The first-order valence-corrected chi connectivity index (χ1v) is 6.38. The third kappa shape index (κ3) is 1.71. The Morgan fingerprint density at radius 2 is 1.94 bits per heavy atom. The number of carbonyl (C=O) groups excluding carboxylic acids is 1. The van der Waals surface area contributed by atoms with Crippen molar-refractivity contribution in [1.82, 2.24) is 4.98 Å². The lowest BCUT2D eigenvalue weighted by molar-refractivity contribution is 0.0894. The van der Waals surface area contributed by atoms with Crippen LogP contribution in [-0.4, -0.2) is 16.3 Å². The molecule has 3 nitrogen and oxygen atoms in total. The Balaban J connectivity index is 2.12. The minimum Gasteiger partial charge on any atom is -0.319 e. The Morgan fingerprint density at radius 3 is 2.72 bits per heavy atom. The van der Waals surface area contributed by atoms with Crippen LogP contribution in [0.25, 0.3) is 10.9 Å². The highest BCUT2D eigenvalue weighted by atomic mass is 16.1. The molecule has 0 radical (unpaired) electrons. The molecule has 1 saturated carbocycles. The Labute approximate surface area is 106 Å². The quantitative estimate of drug-likeness (QED) is 0.821. The number of ketones is 1. The van der Waals surface area contributed by atoms with E-state index in [1.54, 1.807) is 6.20 Å². The largest absolute Gasteiger partial charge is 0.319 e. The first kappa shape index (κ1) is 11.4. The molecule has 0 spiro atoms. The number of hydrogen-bond donors (Lipinski definition) is 1. The summed E-state index contributed by atoms with van der Waals surface area (Å²) in [7, 11) is 0. The van der Waals surface area contributed by atoms with Gasteiger partial charge in [-0.3, -0.25) is 9.78 Å². The standard InChI is InChI=1S/C15H16N2O/c16-15(8-1-2-9-15)14(18)12-5-3-7-13-11(12)6-4-10-17-13/h3-7,10H,1-2,8-9,16H2. The molecule has 0 atom stereocenters. The molecule has 0 saturated heterocycles. The van der Waals surface area contributed by atoms with Gasteiger partial charge in [-0.2, -0.15) is 0 Å². The number of pyridine rings is 1. The van der Waals surface area contributed by atoms with E-state index < -0.39 is 5.54 Å². The van der Waals surface area contributed by atoms with Crippen molar-refractivity contribution in [3.05, 3.63) is 42.1 Å². The van der Waals surface area contributed by atoms with Crippen molar-refractivity contribution in [2.24, 2.45) is 5.73 Å². The second-order valence-electron chi connectivity index (χ2n) is 5.07. The van der Waals surface area contributed by atoms with E-state index in [9.17, 15) is 4.79 Å². The van der Waals surface area contributed by atoms with E-state index in [2.05, 4.69) is 4.98 Å². The summed E-state index contributed by atoms with van der Waals surface area (Å²) in [6.07, 6.45) is 5.42. The summed E-state index contributed by atoms with van der Waals surface area (Å²) < 4.78 is 0. The summed E-state index contributed by atoms with van der Waals surface area (Å²) in [4.78, 5) is 16.9. The molecule has 0 unspecified atom stereocenters. The predicted octanol–water partition coefficient (Wildman–Crippen LogP) is 2.69. The topological polar surface area (TPSA) is 56.0 Å². The van der Waals surface area contributed by atoms with Gasteiger partial charge in [0.15, 0.2) is 5.78 Å². The van der Waals surface area contributed by atoms with E-state index in [1.165, 1.54) is 0 Å². The Hall–Kier alpha value is -1.74. The zero-order chi connectivity index (χ0) is 12.6. The maximum Gasteiger partial charge on any atom is 0.183 e. The van der Waals surface area contributed by atoms with Crippen LogP contribution in [-0.2, 0) is 0 Å². The molecule has 3 rings (SSSR count). The number of nitrogens with zero attached hydrogens (tertiary/aromatic N) is 1. The molecule has 2 aromatic rings. The van der Waals surface area contributed by atoms with E-state index in [4.69, 9.17) is 5.73 Å². The lowest BCUT2D eigenvalue weighted by Gasteiger charge is -2.22. The molecule has 0 amide bonds. The Morgan fingerprint density at radius 1 is 1.17 bits per heavy atom. The number of fused-ring (bicyclic) bond motifs is 1. The molecule has 1 aromatic carbocycles. The van der Waals surface area contributed by atoms with Crippen LogP contribution >= 0.6 is 0 Å². The summed E-state index contributed by atoms with van der Waals surface area (Å²) in [5, 5.41) is 0.904. The van der Waals surface area contributed by atoms with Crippen LogP contribution in [0.15, 0.2) is 36.5 Å². The maximum atomic E-state index is 12.6. The molecule has 18 heavy (non-hydrogen) atoms. The Kier molecular flexibility index (Phi) is 2.63. The fraction of sp³-hybridized carbons (Fsp3) is 0.333. The molecule has 92 valence electrons. The van der Waals surface area contributed by atoms with Crippen LogP contribution in [0.5, 0.6) is 0 Å². The van der Waals surface area contributed by atoms with Gasteiger partial charge in [-0.25, -0.2) is 0 Å². The smallest absolute Gasteiger partial charge is 0.183 e. The van der Waals surface area contributed by atoms with Crippen LogP contribution < -0.4 is 5.73 Å². The average molecular weight is 240 g/mol. The average Bonchev–Trinajstić information content (AvgIpc) is 2.85. The van der Waals surface area contributed by atoms with E-state index in [1.807, 2.05) is 30.3 Å². The van der Waals surface area contributed by atoms with E-state index in [0.717, 1.165) is 36.6 Å². The van der Waals surface area contributed by atoms with Crippen LogP contribution in [0.4, 0.5) is 0 Å². The highest BCUT2D eigenvalue weighted by molar-refractivity contribution is 6.11. The highest BCUT2D eigenvalue weighted by Gasteiger charge is 2.37. The van der Waals surface area contributed by atoms with Crippen LogP contribution in [0.2, 0.25) is 0 Å². The molecule has 1 aliphatic carbocycles. The van der Waals surface area contributed by atoms with Crippen molar-refractivity contribution in [3.8, 4) is 0 Å². The molecule has 3 heteroatoms. The van der Waals surface area contributed by atoms with Crippen LogP contribution in [0.3, 0.4) is 0 Å².